The lowest BCUT2D eigenvalue weighted by Gasteiger charge is -2.33. The van der Waals surface area contributed by atoms with Crippen molar-refractivity contribution in [3.05, 3.63) is 0 Å². The van der Waals surface area contributed by atoms with Gasteiger partial charge >= 0.3 is 0 Å². The van der Waals surface area contributed by atoms with Crippen LogP contribution in [-0.4, -0.2) is 42.0 Å². The van der Waals surface area contributed by atoms with Crippen molar-refractivity contribution in [3.8, 4) is 0 Å². The van der Waals surface area contributed by atoms with Gasteiger partial charge in [0.2, 0.25) is 5.91 Å². The molecule has 0 aliphatic heterocycles. The molecule has 0 radical (unpaired) electrons. The number of nitrogens with two attached hydrogens (primary N) is 1. The Bertz CT molecular complexity index is 324. The third-order valence-corrected chi connectivity index (χ3v) is 5.03. The van der Waals surface area contributed by atoms with Crippen LogP contribution >= 0.6 is 0 Å². The Morgan fingerprint density at radius 1 is 1.25 bits per heavy atom. The minimum absolute atomic E-state index is 0.204. The standard InChI is InChI=1S/C16H31N3O/c1-16(15(17)20,18-13-9-10-13)11-6-12-19(2)14-7-4-3-5-8-14/h13-14,18H,3-12H2,1-2H3,(H2,17,20). The Morgan fingerprint density at radius 3 is 2.45 bits per heavy atom. The number of carbonyl (C=O) groups excluding carboxylic acids is 1. The van der Waals surface area contributed by atoms with Crippen LogP contribution in [-0.2, 0) is 4.79 Å². The largest absolute Gasteiger partial charge is 0.368 e. The molecule has 2 fully saturated rings. The van der Waals surface area contributed by atoms with Crippen molar-refractivity contribution in [1.29, 1.82) is 0 Å². The summed E-state index contributed by atoms with van der Waals surface area (Å²) >= 11 is 0. The molecule has 2 aliphatic carbocycles. The molecule has 1 atom stereocenters. The number of rotatable bonds is 8. The summed E-state index contributed by atoms with van der Waals surface area (Å²) in [5.74, 6) is -0.204. The summed E-state index contributed by atoms with van der Waals surface area (Å²) in [6.45, 7) is 3.04. The minimum Gasteiger partial charge on any atom is -0.368 e. The minimum atomic E-state index is -0.519. The van der Waals surface area contributed by atoms with Crippen LogP contribution in [0.3, 0.4) is 0 Å². The monoisotopic (exact) mass is 281 g/mol. The quantitative estimate of drug-likeness (QED) is 0.715. The zero-order valence-corrected chi connectivity index (χ0v) is 13.2. The molecule has 1 amide bonds. The lowest BCUT2D eigenvalue weighted by atomic mass is 9.92. The summed E-state index contributed by atoms with van der Waals surface area (Å²) < 4.78 is 0. The van der Waals surface area contributed by atoms with Crippen molar-refractivity contribution in [1.82, 2.24) is 10.2 Å². The number of nitrogens with one attached hydrogen (secondary N) is 1. The summed E-state index contributed by atoms with van der Waals surface area (Å²) in [5, 5.41) is 3.43. The number of amides is 1. The molecule has 2 saturated carbocycles. The highest BCUT2D eigenvalue weighted by Crippen LogP contribution is 2.25. The maximum absolute atomic E-state index is 11.7. The van der Waals surface area contributed by atoms with Crippen LogP contribution in [0.5, 0.6) is 0 Å². The van der Waals surface area contributed by atoms with Crippen molar-refractivity contribution < 1.29 is 4.79 Å². The molecule has 0 saturated heterocycles. The van der Waals surface area contributed by atoms with Gasteiger partial charge in [-0.1, -0.05) is 19.3 Å². The molecule has 2 aliphatic rings. The van der Waals surface area contributed by atoms with E-state index in [0.717, 1.165) is 25.4 Å². The van der Waals surface area contributed by atoms with Crippen LogP contribution in [0.25, 0.3) is 0 Å². The third kappa shape index (κ3) is 4.45. The average Bonchev–Trinajstić information content (AvgIpc) is 3.23. The molecular weight excluding hydrogens is 250 g/mol. The first-order valence-electron chi connectivity index (χ1n) is 8.29. The summed E-state index contributed by atoms with van der Waals surface area (Å²) in [6.07, 6.45) is 11.1. The van der Waals surface area contributed by atoms with E-state index in [9.17, 15) is 4.79 Å². The number of primary amides is 1. The summed E-state index contributed by atoms with van der Waals surface area (Å²) in [7, 11) is 2.23. The van der Waals surface area contributed by atoms with Gasteiger partial charge in [-0.2, -0.15) is 0 Å². The first-order valence-corrected chi connectivity index (χ1v) is 8.29. The van der Waals surface area contributed by atoms with Crippen molar-refractivity contribution in [2.45, 2.75) is 82.3 Å². The smallest absolute Gasteiger partial charge is 0.237 e. The van der Waals surface area contributed by atoms with Gasteiger partial charge in [-0.15, -0.1) is 0 Å². The van der Waals surface area contributed by atoms with Gasteiger partial charge in [-0.3, -0.25) is 4.79 Å². The average molecular weight is 281 g/mol. The van der Waals surface area contributed by atoms with E-state index >= 15 is 0 Å². The SMILES string of the molecule is CN(CCCC(C)(NC1CC1)C(N)=O)C1CCCCC1. The van der Waals surface area contributed by atoms with Gasteiger partial charge in [0.05, 0.1) is 5.54 Å². The highest BCUT2D eigenvalue weighted by atomic mass is 16.1. The molecule has 0 aromatic rings. The fourth-order valence-corrected chi connectivity index (χ4v) is 3.33. The van der Waals surface area contributed by atoms with Gasteiger partial charge in [0.25, 0.3) is 0 Å². The maximum Gasteiger partial charge on any atom is 0.237 e. The molecule has 4 heteroatoms. The highest BCUT2D eigenvalue weighted by molar-refractivity contribution is 5.84. The fourth-order valence-electron chi connectivity index (χ4n) is 3.33. The maximum atomic E-state index is 11.7. The van der Waals surface area contributed by atoms with E-state index in [4.69, 9.17) is 5.73 Å². The van der Waals surface area contributed by atoms with Gasteiger partial charge in [0.1, 0.15) is 0 Å². The normalized spacial score (nSPS) is 23.8. The predicted molar refractivity (Wildman–Crippen MR) is 82.5 cm³/mol. The number of hydrogen-bond acceptors (Lipinski definition) is 3. The van der Waals surface area contributed by atoms with Gasteiger partial charge in [0.15, 0.2) is 0 Å². The topological polar surface area (TPSA) is 58.4 Å². The van der Waals surface area contributed by atoms with Crippen molar-refractivity contribution in [2.24, 2.45) is 5.73 Å². The lowest BCUT2D eigenvalue weighted by Crippen LogP contribution is -2.54. The van der Waals surface area contributed by atoms with Crippen LogP contribution in [0.4, 0.5) is 0 Å². The zero-order valence-electron chi connectivity index (χ0n) is 13.2. The molecule has 20 heavy (non-hydrogen) atoms. The van der Waals surface area contributed by atoms with Gasteiger partial charge in [-0.05, 0) is 59.0 Å². The highest BCUT2D eigenvalue weighted by Gasteiger charge is 2.36. The molecule has 0 spiro atoms. The van der Waals surface area contributed by atoms with E-state index in [1.165, 1.54) is 44.9 Å². The molecule has 0 bridgehead atoms. The van der Waals surface area contributed by atoms with Crippen molar-refractivity contribution in [3.63, 3.8) is 0 Å². The number of hydrogen-bond donors (Lipinski definition) is 2. The third-order valence-electron chi connectivity index (χ3n) is 5.03. The Balaban J connectivity index is 1.73. The first-order chi connectivity index (χ1) is 9.51. The molecule has 0 aromatic heterocycles. The Labute approximate surface area is 123 Å². The molecule has 1 unspecified atom stereocenters. The van der Waals surface area contributed by atoms with Gasteiger partial charge in [-0.25, -0.2) is 0 Å². The van der Waals surface area contributed by atoms with E-state index in [1.54, 1.807) is 0 Å². The molecule has 4 nitrogen and oxygen atoms in total. The second kappa shape index (κ2) is 6.90. The number of carbonyl (C=O) groups is 1. The Morgan fingerprint density at radius 2 is 1.90 bits per heavy atom. The summed E-state index contributed by atoms with van der Waals surface area (Å²) in [4.78, 5) is 14.2. The fraction of sp³-hybridized carbons (Fsp3) is 0.938. The molecule has 0 aromatic carbocycles. The van der Waals surface area contributed by atoms with E-state index in [-0.39, 0.29) is 5.91 Å². The van der Waals surface area contributed by atoms with Crippen molar-refractivity contribution in [2.75, 3.05) is 13.6 Å². The van der Waals surface area contributed by atoms with Gasteiger partial charge in [0, 0.05) is 12.1 Å². The predicted octanol–water partition coefficient (Wildman–Crippen LogP) is 2.03. The molecule has 0 heterocycles. The molecule has 3 N–H and O–H groups in total. The molecule has 116 valence electrons. The number of nitrogens with zero attached hydrogens (tertiary/aromatic N) is 1. The molecular formula is C16H31N3O. The van der Waals surface area contributed by atoms with E-state index in [0.29, 0.717) is 6.04 Å². The van der Waals surface area contributed by atoms with E-state index in [2.05, 4.69) is 17.3 Å². The van der Waals surface area contributed by atoms with Crippen molar-refractivity contribution >= 4 is 5.91 Å². The Kier molecular flexibility index (Phi) is 5.44. The lowest BCUT2D eigenvalue weighted by molar-refractivity contribution is -0.124. The zero-order chi connectivity index (χ0) is 14.6. The van der Waals surface area contributed by atoms with Crippen LogP contribution in [0.15, 0.2) is 0 Å². The van der Waals surface area contributed by atoms with E-state index < -0.39 is 5.54 Å². The van der Waals surface area contributed by atoms with Crippen LogP contribution in [0.2, 0.25) is 0 Å². The van der Waals surface area contributed by atoms with E-state index in [1.807, 2.05) is 6.92 Å². The second-order valence-electron chi connectivity index (χ2n) is 6.99. The van der Waals surface area contributed by atoms with Crippen LogP contribution < -0.4 is 11.1 Å². The second-order valence-corrected chi connectivity index (χ2v) is 6.99. The summed E-state index contributed by atoms with van der Waals surface area (Å²) in [5.41, 5.74) is 5.07. The van der Waals surface area contributed by atoms with Crippen LogP contribution in [0.1, 0.15) is 64.7 Å². The Hall–Kier alpha value is -0.610. The first kappa shape index (κ1) is 15.8. The van der Waals surface area contributed by atoms with Gasteiger partial charge < -0.3 is 16.0 Å². The molecule has 2 rings (SSSR count). The summed E-state index contributed by atoms with van der Waals surface area (Å²) in [6, 6.07) is 1.27. The van der Waals surface area contributed by atoms with Crippen LogP contribution in [0, 0.1) is 0 Å².